The van der Waals surface area contributed by atoms with Crippen LogP contribution in [0.25, 0.3) is 5.78 Å². The van der Waals surface area contributed by atoms with Gasteiger partial charge in [0.2, 0.25) is 11.1 Å². The summed E-state index contributed by atoms with van der Waals surface area (Å²) < 4.78 is 25.7. The summed E-state index contributed by atoms with van der Waals surface area (Å²) in [6.45, 7) is 4.31. The third-order valence-electron chi connectivity index (χ3n) is 5.93. The molecule has 194 valence electrons. The Hall–Kier alpha value is -3.37. The number of thioether (sulfide) groups is 1. The quantitative estimate of drug-likeness (QED) is 0.292. The van der Waals surface area contributed by atoms with E-state index in [1.165, 1.54) is 23.9 Å². The van der Waals surface area contributed by atoms with E-state index < -0.39 is 0 Å². The van der Waals surface area contributed by atoms with E-state index in [9.17, 15) is 9.18 Å². The largest absolute Gasteiger partial charge is 0.493 e. The van der Waals surface area contributed by atoms with Gasteiger partial charge in [0.15, 0.2) is 11.5 Å². The molecule has 37 heavy (non-hydrogen) atoms. The molecule has 0 fully saturated rings. The second kappa shape index (κ2) is 11.8. The van der Waals surface area contributed by atoms with E-state index in [4.69, 9.17) is 21.1 Å². The smallest absolute Gasteiger partial charge is 0.253 e. The Morgan fingerprint density at radius 2 is 1.89 bits per heavy atom. The molecule has 0 aliphatic carbocycles. The van der Waals surface area contributed by atoms with E-state index in [1.54, 1.807) is 24.8 Å². The molecule has 2 heterocycles. The summed E-state index contributed by atoms with van der Waals surface area (Å²) in [6.07, 6.45) is 1.15. The molecule has 0 aliphatic heterocycles. The highest BCUT2D eigenvalue weighted by Gasteiger charge is 2.16. The number of hydrogen-bond donors (Lipinski definition) is 1. The third-order valence-corrected chi connectivity index (χ3v) is 7.12. The van der Waals surface area contributed by atoms with Crippen molar-refractivity contribution in [1.82, 2.24) is 24.9 Å². The Kier molecular flexibility index (Phi) is 8.50. The average molecular weight is 544 g/mol. The summed E-state index contributed by atoms with van der Waals surface area (Å²) in [7, 11) is 3.18. The van der Waals surface area contributed by atoms with Crippen molar-refractivity contribution in [2.24, 2.45) is 0 Å². The number of fused-ring (bicyclic) bond motifs is 1. The van der Waals surface area contributed by atoms with Gasteiger partial charge in [0.05, 0.1) is 20.0 Å². The van der Waals surface area contributed by atoms with Gasteiger partial charge in [0.25, 0.3) is 5.78 Å². The van der Waals surface area contributed by atoms with Crippen LogP contribution in [-0.4, -0.2) is 52.0 Å². The molecule has 11 heteroatoms. The van der Waals surface area contributed by atoms with Crippen LogP contribution >= 0.6 is 23.4 Å². The maximum Gasteiger partial charge on any atom is 0.253 e. The molecular formula is C26H27ClFN5O3S. The van der Waals surface area contributed by atoms with Gasteiger partial charge >= 0.3 is 0 Å². The van der Waals surface area contributed by atoms with Crippen LogP contribution in [0.3, 0.4) is 0 Å². The van der Waals surface area contributed by atoms with E-state index >= 15 is 0 Å². The minimum Gasteiger partial charge on any atom is -0.493 e. The summed E-state index contributed by atoms with van der Waals surface area (Å²) in [6, 6.07) is 10.1. The first-order valence-electron chi connectivity index (χ1n) is 11.6. The summed E-state index contributed by atoms with van der Waals surface area (Å²) in [5.41, 5.74) is 4.43. The first-order chi connectivity index (χ1) is 17.8. The van der Waals surface area contributed by atoms with Crippen LogP contribution < -0.4 is 14.8 Å². The number of carbonyl (C=O) groups excluding carboxylic acids is 1. The van der Waals surface area contributed by atoms with Crippen LogP contribution in [0.4, 0.5) is 4.39 Å². The van der Waals surface area contributed by atoms with Crippen LogP contribution in [-0.2, 0) is 17.6 Å². The number of benzene rings is 2. The summed E-state index contributed by atoms with van der Waals surface area (Å²) >= 11 is 7.47. The van der Waals surface area contributed by atoms with Crippen LogP contribution in [0.1, 0.15) is 28.1 Å². The predicted molar refractivity (Wildman–Crippen MR) is 141 cm³/mol. The summed E-state index contributed by atoms with van der Waals surface area (Å²) in [5.74, 6) is 1.47. The maximum atomic E-state index is 13.4. The van der Waals surface area contributed by atoms with E-state index in [0.717, 1.165) is 28.1 Å². The first kappa shape index (κ1) is 26.7. The molecule has 0 saturated heterocycles. The van der Waals surface area contributed by atoms with E-state index in [0.29, 0.717) is 46.8 Å². The molecule has 1 amide bonds. The predicted octanol–water partition coefficient (Wildman–Crippen LogP) is 4.59. The molecule has 4 rings (SSSR count). The van der Waals surface area contributed by atoms with Gasteiger partial charge in [0, 0.05) is 29.4 Å². The number of nitrogens with one attached hydrogen (secondary N) is 1. The number of aryl methyl sites for hydroxylation is 2. The number of aromatic nitrogens is 4. The zero-order chi connectivity index (χ0) is 26.5. The minimum atomic E-state index is -0.376. The van der Waals surface area contributed by atoms with Crippen molar-refractivity contribution in [2.45, 2.75) is 31.8 Å². The fraction of sp³-hybridized carbons (Fsp3) is 0.308. The van der Waals surface area contributed by atoms with Gasteiger partial charge in [-0.3, -0.25) is 4.79 Å². The molecule has 0 unspecified atom stereocenters. The minimum absolute atomic E-state index is 0.114. The van der Waals surface area contributed by atoms with Crippen molar-refractivity contribution in [1.29, 1.82) is 0 Å². The number of rotatable bonds is 10. The lowest BCUT2D eigenvalue weighted by atomic mass is 10.0. The number of hydrogen-bond acceptors (Lipinski definition) is 7. The van der Waals surface area contributed by atoms with Gasteiger partial charge < -0.3 is 14.8 Å². The highest BCUT2D eigenvalue weighted by molar-refractivity contribution is 7.99. The maximum absolute atomic E-state index is 13.4. The molecule has 0 aliphatic rings. The van der Waals surface area contributed by atoms with Gasteiger partial charge in [-0.2, -0.15) is 4.98 Å². The van der Waals surface area contributed by atoms with Crippen LogP contribution in [0.2, 0.25) is 5.02 Å². The second-order valence-electron chi connectivity index (χ2n) is 8.36. The van der Waals surface area contributed by atoms with Gasteiger partial charge in [0.1, 0.15) is 5.82 Å². The molecule has 0 radical (unpaired) electrons. The highest BCUT2D eigenvalue weighted by Crippen LogP contribution is 2.28. The summed E-state index contributed by atoms with van der Waals surface area (Å²) in [4.78, 5) is 21.4. The number of methoxy groups -OCH3 is 2. The van der Waals surface area contributed by atoms with Crippen molar-refractivity contribution >= 4 is 35.0 Å². The standard InChI is InChI=1S/C26H27ClFN5O3S/c1-15-20(12-18-6-7-19(28)13-21(18)27)16(2)33-25(30-15)31-26(32-33)37-14-24(34)29-10-9-17-5-8-22(35-3)23(11-17)36-4/h5-8,11,13H,9-10,12,14H2,1-4H3,(H,29,34). The van der Waals surface area contributed by atoms with Crippen molar-refractivity contribution in [3.8, 4) is 11.5 Å². The molecule has 2 aromatic carbocycles. The highest BCUT2D eigenvalue weighted by atomic mass is 35.5. The molecule has 4 aromatic rings. The topological polar surface area (TPSA) is 90.6 Å². The zero-order valence-electron chi connectivity index (χ0n) is 21.0. The fourth-order valence-corrected chi connectivity index (χ4v) is 4.81. The lowest BCUT2D eigenvalue weighted by Crippen LogP contribution is -2.27. The van der Waals surface area contributed by atoms with Crippen molar-refractivity contribution in [2.75, 3.05) is 26.5 Å². The number of nitrogens with zero attached hydrogens (tertiary/aromatic N) is 4. The number of carbonyl (C=O) groups is 1. The number of ether oxygens (including phenoxy) is 2. The van der Waals surface area contributed by atoms with E-state index in [2.05, 4.69) is 20.4 Å². The summed E-state index contributed by atoms with van der Waals surface area (Å²) in [5, 5.41) is 8.28. The van der Waals surface area contributed by atoms with E-state index in [1.807, 2.05) is 32.0 Å². The van der Waals surface area contributed by atoms with Gasteiger partial charge in [-0.25, -0.2) is 13.9 Å². The van der Waals surface area contributed by atoms with Crippen LogP contribution in [0, 0.1) is 19.7 Å². The lowest BCUT2D eigenvalue weighted by Gasteiger charge is -2.11. The van der Waals surface area contributed by atoms with Crippen LogP contribution in [0.15, 0.2) is 41.6 Å². The first-order valence-corrected chi connectivity index (χ1v) is 12.9. The Balaban J connectivity index is 1.36. The van der Waals surface area contributed by atoms with Crippen molar-refractivity contribution < 1.29 is 18.7 Å². The van der Waals surface area contributed by atoms with Crippen LogP contribution in [0.5, 0.6) is 11.5 Å². The molecular weight excluding hydrogens is 517 g/mol. The van der Waals surface area contributed by atoms with E-state index in [-0.39, 0.29) is 17.5 Å². The zero-order valence-corrected chi connectivity index (χ0v) is 22.5. The fourth-order valence-electron chi connectivity index (χ4n) is 3.93. The Bertz CT molecular complexity index is 1450. The molecule has 1 N–H and O–H groups in total. The molecule has 0 saturated carbocycles. The normalized spacial score (nSPS) is 11.1. The SMILES string of the molecule is COc1ccc(CCNC(=O)CSc2nc3nc(C)c(Cc4ccc(F)cc4Cl)c(C)n3n2)cc1OC. The van der Waals surface area contributed by atoms with Gasteiger partial charge in [-0.05, 0) is 61.2 Å². The van der Waals surface area contributed by atoms with Gasteiger partial charge in [-0.15, -0.1) is 5.10 Å². The monoisotopic (exact) mass is 543 g/mol. The number of halogens is 2. The van der Waals surface area contributed by atoms with Crippen molar-refractivity contribution in [3.05, 3.63) is 75.3 Å². The molecule has 0 bridgehead atoms. The molecule has 0 spiro atoms. The Labute approximate surface area is 223 Å². The lowest BCUT2D eigenvalue weighted by molar-refractivity contribution is -0.118. The Morgan fingerprint density at radius 1 is 1.11 bits per heavy atom. The number of amides is 1. The molecule has 8 nitrogen and oxygen atoms in total. The average Bonchev–Trinajstić information content (AvgIpc) is 3.29. The second-order valence-corrected chi connectivity index (χ2v) is 9.71. The van der Waals surface area contributed by atoms with Gasteiger partial charge in [-0.1, -0.05) is 35.5 Å². The Morgan fingerprint density at radius 3 is 2.62 bits per heavy atom. The van der Waals surface area contributed by atoms with Crippen molar-refractivity contribution in [3.63, 3.8) is 0 Å². The molecule has 2 aromatic heterocycles. The third kappa shape index (κ3) is 6.31. The molecule has 0 atom stereocenters.